The van der Waals surface area contributed by atoms with Crippen molar-refractivity contribution < 1.29 is 0 Å². The second kappa shape index (κ2) is 5.25. The zero-order chi connectivity index (χ0) is 13.1. The maximum Gasteiger partial charge on any atom is 0.207 e. The second-order valence-corrected chi connectivity index (χ2v) is 5.19. The fraction of sp³-hybridized carbons (Fsp3) is 0.400. The summed E-state index contributed by atoms with van der Waals surface area (Å²) < 4.78 is 2.12. The first-order chi connectivity index (χ1) is 8.58. The molecule has 1 N–H and O–H groups in total. The fourth-order valence-corrected chi connectivity index (χ4v) is 1.90. The van der Waals surface area contributed by atoms with E-state index in [0.29, 0.717) is 5.92 Å². The lowest BCUT2D eigenvalue weighted by Crippen LogP contribution is -2.12. The van der Waals surface area contributed by atoms with Gasteiger partial charge < -0.3 is 5.32 Å². The lowest BCUT2D eigenvalue weighted by Gasteiger charge is -2.13. The van der Waals surface area contributed by atoms with E-state index in [-0.39, 0.29) is 0 Å². The summed E-state index contributed by atoms with van der Waals surface area (Å²) >= 11 is 0. The molecule has 3 heteroatoms. The van der Waals surface area contributed by atoms with E-state index in [1.54, 1.807) is 0 Å². The Balaban J connectivity index is 2.33. The van der Waals surface area contributed by atoms with Gasteiger partial charge in [-0.25, -0.2) is 4.98 Å². The number of anilines is 1. The minimum Gasteiger partial charge on any atom is -0.355 e. The summed E-state index contributed by atoms with van der Waals surface area (Å²) in [5.41, 5.74) is 3.71. The van der Waals surface area contributed by atoms with E-state index in [9.17, 15) is 0 Å². The smallest absolute Gasteiger partial charge is 0.207 e. The first-order valence-corrected chi connectivity index (χ1v) is 6.43. The Kier molecular flexibility index (Phi) is 3.70. The molecule has 0 fully saturated rings. The van der Waals surface area contributed by atoms with Crippen LogP contribution in [0.15, 0.2) is 30.6 Å². The summed E-state index contributed by atoms with van der Waals surface area (Å²) in [6.45, 7) is 9.56. The lowest BCUT2D eigenvalue weighted by atomic mass is 10.1. The molecule has 1 aromatic heterocycles. The van der Waals surface area contributed by atoms with Gasteiger partial charge in [0.05, 0.1) is 5.69 Å². The molecule has 0 radical (unpaired) electrons. The van der Waals surface area contributed by atoms with Crippen LogP contribution < -0.4 is 5.32 Å². The van der Waals surface area contributed by atoms with Gasteiger partial charge in [-0.15, -0.1) is 0 Å². The van der Waals surface area contributed by atoms with Crippen LogP contribution in [0, 0.1) is 19.8 Å². The van der Waals surface area contributed by atoms with Crippen molar-refractivity contribution >= 4 is 5.95 Å². The molecule has 96 valence electrons. The van der Waals surface area contributed by atoms with E-state index in [1.165, 1.54) is 16.8 Å². The standard InChI is InChI=1S/C15H21N3/c1-11(2)10-17-15-16-7-8-18(15)14-9-12(3)5-6-13(14)4/h5-9,11H,10H2,1-4H3,(H,16,17). The molecule has 0 saturated carbocycles. The fourth-order valence-electron chi connectivity index (χ4n) is 1.90. The van der Waals surface area contributed by atoms with Gasteiger partial charge in [-0.05, 0) is 37.0 Å². The average Bonchev–Trinajstić information content (AvgIpc) is 2.77. The normalized spacial score (nSPS) is 10.9. The molecule has 0 unspecified atom stereocenters. The third-order valence-electron chi connectivity index (χ3n) is 2.93. The van der Waals surface area contributed by atoms with Gasteiger partial charge >= 0.3 is 0 Å². The minimum atomic E-state index is 0.605. The molecule has 0 aliphatic rings. The Morgan fingerprint density at radius 2 is 2.06 bits per heavy atom. The second-order valence-electron chi connectivity index (χ2n) is 5.19. The van der Waals surface area contributed by atoms with Gasteiger partial charge in [-0.2, -0.15) is 0 Å². The number of nitrogens with zero attached hydrogens (tertiary/aromatic N) is 2. The summed E-state index contributed by atoms with van der Waals surface area (Å²) in [7, 11) is 0. The molecule has 0 aliphatic heterocycles. The molecule has 1 heterocycles. The largest absolute Gasteiger partial charge is 0.355 e. The van der Waals surface area contributed by atoms with E-state index in [0.717, 1.165) is 12.5 Å². The van der Waals surface area contributed by atoms with Gasteiger partial charge in [-0.1, -0.05) is 26.0 Å². The van der Waals surface area contributed by atoms with Crippen LogP contribution in [0.25, 0.3) is 5.69 Å². The van der Waals surface area contributed by atoms with Crippen molar-refractivity contribution in [1.82, 2.24) is 9.55 Å². The highest BCUT2D eigenvalue weighted by Crippen LogP contribution is 2.20. The molecular weight excluding hydrogens is 222 g/mol. The van der Waals surface area contributed by atoms with Crippen molar-refractivity contribution in [3.63, 3.8) is 0 Å². The molecular formula is C15H21N3. The van der Waals surface area contributed by atoms with Crippen LogP contribution in [0.5, 0.6) is 0 Å². The van der Waals surface area contributed by atoms with Gasteiger partial charge in [0.2, 0.25) is 5.95 Å². The number of nitrogens with one attached hydrogen (secondary N) is 1. The summed E-state index contributed by atoms with van der Waals surface area (Å²) in [4.78, 5) is 4.39. The maximum atomic E-state index is 4.39. The third-order valence-corrected chi connectivity index (χ3v) is 2.93. The molecule has 0 aliphatic carbocycles. The SMILES string of the molecule is Cc1ccc(C)c(-n2ccnc2NCC(C)C)c1. The molecule has 0 atom stereocenters. The van der Waals surface area contributed by atoms with Crippen molar-refractivity contribution in [2.75, 3.05) is 11.9 Å². The third kappa shape index (κ3) is 2.73. The van der Waals surface area contributed by atoms with Crippen LogP contribution >= 0.6 is 0 Å². The number of hydrogen-bond donors (Lipinski definition) is 1. The van der Waals surface area contributed by atoms with Gasteiger partial charge in [0.1, 0.15) is 0 Å². The van der Waals surface area contributed by atoms with Crippen LogP contribution in [-0.2, 0) is 0 Å². The quantitative estimate of drug-likeness (QED) is 0.890. The Labute approximate surface area is 109 Å². The summed E-state index contributed by atoms with van der Waals surface area (Å²) in [5.74, 6) is 1.52. The highest BCUT2D eigenvalue weighted by Gasteiger charge is 2.07. The van der Waals surface area contributed by atoms with Gasteiger partial charge in [0, 0.05) is 18.9 Å². The molecule has 3 nitrogen and oxygen atoms in total. The maximum absolute atomic E-state index is 4.39. The molecule has 18 heavy (non-hydrogen) atoms. The molecule has 2 rings (SSSR count). The molecule has 0 bridgehead atoms. The molecule has 0 spiro atoms. The zero-order valence-corrected chi connectivity index (χ0v) is 11.6. The van der Waals surface area contributed by atoms with Crippen molar-refractivity contribution in [1.29, 1.82) is 0 Å². The highest BCUT2D eigenvalue weighted by molar-refractivity contribution is 5.48. The molecule has 0 saturated heterocycles. The van der Waals surface area contributed by atoms with E-state index in [2.05, 4.69) is 60.8 Å². The van der Waals surface area contributed by atoms with Gasteiger partial charge in [0.25, 0.3) is 0 Å². The topological polar surface area (TPSA) is 29.9 Å². The predicted octanol–water partition coefficient (Wildman–Crippen LogP) is 3.56. The first-order valence-electron chi connectivity index (χ1n) is 6.43. The molecule has 0 amide bonds. The van der Waals surface area contributed by atoms with Crippen molar-refractivity contribution in [3.05, 3.63) is 41.7 Å². The van der Waals surface area contributed by atoms with Gasteiger partial charge in [0.15, 0.2) is 0 Å². The summed E-state index contributed by atoms with van der Waals surface area (Å²) in [5, 5.41) is 3.39. The van der Waals surface area contributed by atoms with E-state index < -0.39 is 0 Å². The Morgan fingerprint density at radius 1 is 1.28 bits per heavy atom. The Morgan fingerprint density at radius 3 is 2.78 bits per heavy atom. The Hall–Kier alpha value is -1.77. The van der Waals surface area contributed by atoms with E-state index >= 15 is 0 Å². The predicted molar refractivity (Wildman–Crippen MR) is 76.4 cm³/mol. The minimum absolute atomic E-state index is 0.605. The van der Waals surface area contributed by atoms with Crippen LogP contribution in [-0.4, -0.2) is 16.1 Å². The van der Waals surface area contributed by atoms with E-state index in [4.69, 9.17) is 0 Å². The van der Waals surface area contributed by atoms with Crippen LogP contribution in [0.1, 0.15) is 25.0 Å². The number of rotatable bonds is 4. The van der Waals surface area contributed by atoms with Gasteiger partial charge in [-0.3, -0.25) is 4.57 Å². The zero-order valence-electron chi connectivity index (χ0n) is 11.6. The molecule has 2 aromatic rings. The molecule has 1 aromatic carbocycles. The summed E-state index contributed by atoms with van der Waals surface area (Å²) in [6.07, 6.45) is 3.84. The monoisotopic (exact) mass is 243 g/mol. The van der Waals surface area contributed by atoms with E-state index in [1.807, 2.05) is 12.4 Å². The number of aromatic nitrogens is 2. The van der Waals surface area contributed by atoms with Crippen LogP contribution in [0.3, 0.4) is 0 Å². The number of aryl methyl sites for hydroxylation is 2. The lowest BCUT2D eigenvalue weighted by molar-refractivity contribution is 0.683. The average molecular weight is 243 g/mol. The van der Waals surface area contributed by atoms with Crippen LogP contribution in [0.2, 0.25) is 0 Å². The first kappa shape index (κ1) is 12.7. The Bertz CT molecular complexity index is 526. The number of imidazole rings is 1. The van der Waals surface area contributed by atoms with Crippen LogP contribution in [0.4, 0.5) is 5.95 Å². The van der Waals surface area contributed by atoms with Crippen molar-refractivity contribution in [2.24, 2.45) is 5.92 Å². The highest BCUT2D eigenvalue weighted by atomic mass is 15.2. The summed E-state index contributed by atoms with van der Waals surface area (Å²) in [6, 6.07) is 6.48. The van der Waals surface area contributed by atoms with Crippen molar-refractivity contribution in [2.45, 2.75) is 27.7 Å². The van der Waals surface area contributed by atoms with Crippen molar-refractivity contribution in [3.8, 4) is 5.69 Å². The number of hydrogen-bond acceptors (Lipinski definition) is 2. The number of benzene rings is 1.